The van der Waals surface area contributed by atoms with Crippen molar-refractivity contribution >= 4 is 11.8 Å². The van der Waals surface area contributed by atoms with Gasteiger partial charge in [0.05, 0.1) is 11.1 Å². The summed E-state index contributed by atoms with van der Waals surface area (Å²) < 4.78 is 10.7. The van der Waals surface area contributed by atoms with Crippen LogP contribution in [0.15, 0.2) is 30.3 Å². The van der Waals surface area contributed by atoms with E-state index in [1.165, 1.54) is 18.2 Å². The van der Waals surface area contributed by atoms with Gasteiger partial charge in [-0.05, 0) is 35.7 Å². The summed E-state index contributed by atoms with van der Waals surface area (Å²) in [5, 5.41) is 52.2. The number of aryl methyl sites for hydroxylation is 1. The number of phenolic OH excluding ortho intramolecular Hbond substituents is 2. The molecule has 9 heteroatoms. The molecule has 0 bridgehead atoms. The first-order valence-electron chi connectivity index (χ1n) is 9.68. The van der Waals surface area contributed by atoms with Crippen molar-refractivity contribution in [1.29, 1.82) is 0 Å². The van der Waals surface area contributed by atoms with Crippen molar-refractivity contribution in [3.63, 3.8) is 0 Å². The van der Waals surface area contributed by atoms with E-state index in [1.807, 2.05) is 0 Å². The lowest BCUT2D eigenvalue weighted by Gasteiger charge is -2.44. The zero-order valence-electron chi connectivity index (χ0n) is 16.7. The highest BCUT2D eigenvalue weighted by Gasteiger charge is 2.51. The van der Waals surface area contributed by atoms with Crippen LogP contribution < -0.4 is 0 Å². The van der Waals surface area contributed by atoms with E-state index >= 15 is 0 Å². The number of benzene rings is 2. The number of aliphatic hydroxyl groups is 3. The third kappa shape index (κ3) is 3.35. The van der Waals surface area contributed by atoms with Gasteiger partial charge in [-0.25, -0.2) is 0 Å². The number of phenols is 2. The topological polar surface area (TPSA) is 154 Å². The molecule has 0 aromatic heterocycles. The van der Waals surface area contributed by atoms with E-state index in [0.29, 0.717) is 16.7 Å². The summed E-state index contributed by atoms with van der Waals surface area (Å²) in [4.78, 5) is 24.5. The van der Waals surface area contributed by atoms with Crippen LogP contribution >= 0.6 is 0 Å². The molecular formula is C22H22O9. The maximum absolute atomic E-state index is 13.1. The smallest absolute Gasteiger partial charge is 0.305 e. The molecule has 2 aliphatic rings. The van der Waals surface area contributed by atoms with E-state index in [4.69, 9.17) is 9.47 Å². The molecular weight excluding hydrogens is 408 g/mol. The number of rotatable bonds is 2. The summed E-state index contributed by atoms with van der Waals surface area (Å²) in [6.45, 7) is 2.81. The van der Waals surface area contributed by atoms with Crippen molar-refractivity contribution in [2.45, 2.75) is 50.5 Å². The van der Waals surface area contributed by atoms with E-state index in [9.17, 15) is 35.1 Å². The van der Waals surface area contributed by atoms with E-state index < -0.39 is 48.4 Å². The Balaban J connectivity index is 1.92. The molecule has 31 heavy (non-hydrogen) atoms. The maximum Gasteiger partial charge on any atom is 0.305 e. The predicted molar refractivity (Wildman–Crippen MR) is 105 cm³/mol. The minimum Gasteiger partial charge on any atom is -0.507 e. The van der Waals surface area contributed by atoms with E-state index in [2.05, 4.69) is 0 Å². The predicted octanol–water partition coefficient (Wildman–Crippen LogP) is 0.453. The van der Waals surface area contributed by atoms with Gasteiger partial charge in [0.25, 0.3) is 0 Å². The highest BCUT2D eigenvalue weighted by molar-refractivity contribution is 6.16. The molecule has 5 N–H and O–H groups in total. The number of hydrogen-bond acceptors (Lipinski definition) is 9. The first-order valence-corrected chi connectivity index (χ1v) is 9.68. The average Bonchev–Trinajstić information content (AvgIpc) is 2.68. The fourth-order valence-electron chi connectivity index (χ4n) is 4.41. The average molecular weight is 430 g/mol. The van der Waals surface area contributed by atoms with Crippen molar-refractivity contribution in [3.8, 4) is 11.5 Å². The first kappa shape index (κ1) is 21.3. The van der Waals surface area contributed by atoms with Gasteiger partial charge in [-0.3, -0.25) is 9.59 Å². The normalized spacial score (nSPS) is 29.8. The Morgan fingerprint density at radius 1 is 0.968 bits per heavy atom. The van der Waals surface area contributed by atoms with Crippen molar-refractivity contribution < 1.29 is 44.6 Å². The second-order valence-electron chi connectivity index (χ2n) is 7.85. The van der Waals surface area contributed by atoms with Gasteiger partial charge in [-0.2, -0.15) is 0 Å². The highest BCUT2D eigenvalue weighted by atomic mass is 16.7. The van der Waals surface area contributed by atoms with Crippen molar-refractivity contribution in [2.75, 3.05) is 0 Å². The molecule has 1 fully saturated rings. The molecule has 1 aliphatic heterocycles. The van der Waals surface area contributed by atoms with Gasteiger partial charge in [0.15, 0.2) is 0 Å². The van der Waals surface area contributed by atoms with Gasteiger partial charge < -0.3 is 35.0 Å². The Hall–Kier alpha value is -2.98. The van der Waals surface area contributed by atoms with Gasteiger partial charge >= 0.3 is 5.97 Å². The Bertz CT molecular complexity index is 1060. The fourth-order valence-corrected chi connectivity index (χ4v) is 4.41. The van der Waals surface area contributed by atoms with Gasteiger partial charge in [0.1, 0.15) is 35.9 Å². The SMILES string of the molecule is CC(=O)O[C@@H]1O[C@H](C2c3cccc(O)c3C(=O)c3c(O)cc(C)cc32)[C@H](O)[C@@H](O)[C@H]1O. The monoisotopic (exact) mass is 430 g/mol. The molecule has 0 radical (unpaired) electrons. The standard InChI is InChI=1S/C22H22O9/c1-8-6-11-14(21-19(28)18(27)20(29)22(31-21)30-9(2)23)10-4-3-5-12(24)15(10)17(26)16(11)13(25)7-8/h3-7,14,18-22,24-25,27-29H,1-2H3/t14?,18-,19-,20-,21-,22-/m1/s1. The van der Waals surface area contributed by atoms with E-state index in [0.717, 1.165) is 6.92 Å². The zero-order valence-corrected chi connectivity index (χ0v) is 16.7. The van der Waals surface area contributed by atoms with Crippen LogP contribution in [0.2, 0.25) is 0 Å². The molecule has 9 nitrogen and oxygen atoms in total. The van der Waals surface area contributed by atoms with E-state index in [1.54, 1.807) is 19.1 Å². The lowest BCUT2D eigenvalue weighted by atomic mass is 9.71. The van der Waals surface area contributed by atoms with Crippen LogP contribution in [-0.2, 0) is 14.3 Å². The minimum absolute atomic E-state index is 0.0648. The number of carbonyl (C=O) groups is 2. The number of esters is 1. The summed E-state index contributed by atoms with van der Waals surface area (Å²) in [7, 11) is 0. The molecule has 1 unspecified atom stereocenters. The quantitative estimate of drug-likeness (QED) is 0.427. The van der Waals surface area contributed by atoms with Gasteiger partial charge in [0.2, 0.25) is 12.1 Å². The van der Waals surface area contributed by atoms with Crippen LogP contribution in [0.4, 0.5) is 0 Å². The number of aliphatic hydroxyl groups excluding tert-OH is 3. The summed E-state index contributed by atoms with van der Waals surface area (Å²) in [5.41, 5.74) is 1.11. The Morgan fingerprint density at radius 3 is 2.32 bits per heavy atom. The Morgan fingerprint density at radius 2 is 1.65 bits per heavy atom. The second-order valence-corrected chi connectivity index (χ2v) is 7.85. The largest absolute Gasteiger partial charge is 0.507 e. The Kier molecular flexibility index (Phi) is 5.22. The molecule has 164 valence electrons. The van der Waals surface area contributed by atoms with Crippen LogP contribution in [0, 0.1) is 6.92 Å². The number of ketones is 1. The number of ether oxygens (including phenoxy) is 2. The maximum atomic E-state index is 13.1. The molecule has 1 saturated heterocycles. The fraction of sp³-hybridized carbons (Fsp3) is 0.364. The summed E-state index contributed by atoms with van der Waals surface area (Å²) in [5.74, 6) is -2.92. The Labute approximate surface area is 177 Å². The number of hydrogen-bond donors (Lipinski definition) is 5. The molecule has 4 rings (SSSR count). The zero-order chi connectivity index (χ0) is 22.6. The number of fused-ring (bicyclic) bond motifs is 2. The van der Waals surface area contributed by atoms with Crippen LogP contribution in [0.1, 0.15) is 45.5 Å². The van der Waals surface area contributed by atoms with Crippen molar-refractivity contribution in [2.24, 2.45) is 0 Å². The van der Waals surface area contributed by atoms with Gasteiger partial charge in [0, 0.05) is 12.8 Å². The first-order chi connectivity index (χ1) is 14.6. The van der Waals surface area contributed by atoms with Crippen molar-refractivity contribution in [1.82, 2.24) is 0 Å². The molecule has 2 aromatic rings. The molecule has 2 aromatic carbocycles. The lowest BCUT2D eigenvalue weighted by molar-refractivity contribution is -0.289. The highest BCUT2D eigenvalue weighted by Crippen LogP contribution is 2.47. The van der Waals surface area contributed by atoms with Crippen LogP contribution in [0.25, 0.3) is 0 Å². The third-order valence-electron chi connectivity index (χ3n) is 5.71. The summed E-state index contributed by atoms with van der Waals surface area (Å²) in [6, 6.07) is 7.44. The lowest BCUT2D eigenvalue weighted by Crippen LogP contribution is -2.60. The van der Waals surface area contributed by atoms with Gasteiger partial charge in [-0.1, -0.05) is 18.2 Å². The van der Waals surface area contributed by atoms with Crippen LogP contribution in [-0.4, -0.2) is 68.0 Å². The van der Waals surface area contributed by atoms with E-state index in [-0.39, 0.29) is 22.6 Å². The third-order valence-corrected chi connectivity index (χ3v) is 5.71. The molecule has 1 heterocycles. The molecule has 0 saturated carbocycles. The minimum atomic E-state index is -1.72. The van der Waals surface area contributed by atoms with Crippen molar-refractivity contribution in [3.05, 3.63) is 58.1 Å². The number of aromatic hydroxyl groups is 2. The molecule has 1 aliphatic carbocycles. The van der Waals surface area contributed by atoms with Crippen LogP contribution in [0.3, 0.4) is 0 Å². The second kappa shape index (κ2) is 7.61. The summed E-state index contributed by atoms with van der Waals surface area (Å²) in [6.07, 6.45) is -7.90. The molecule has 0 spiro atoms. The molecule has 6 atom stereocenters. The summed E-state index contributed by atoms with van der Waals surface area (Å²) >= 11 is 0. The van der Waals surface area contributed by atoms with Gasteiger partial charge in [-0.15, -0.1) is 0 Å². The molecule has 0 amide bonds. The number of carbonyl (C=O) groups excluding carboxylic acids is 2. The van der Waals surface area contributed by atoms with Crippen LogP contribution in [0.5, 0.6) is 11.5 Å².